The molecule has 0 saturated carbocycles. The van der Waals surface area contributed by atoms with E-state index in [1.54, 1.807) is 6.92 Å². The minimum absolute atomic E-state index is 0.00406. The minimum Gasteiger partial charge on any atom is -0.491 e. The molecule has 1 aromatic carbocycles. The fourth-order valence-corrected chi connectivity index (χ4v) is 3.26. The van der Waals surface area contributed by atoms with Gasteiger partial charge in [-0.05, 0) is 44.0 Å². The lowest BCUT2D eigenvalue weighted by Gasteiger charge is -2.17. The van der Waals surface area contributed by atoms with Gasteiger partial charge in [0, 0.05) is 20.6 Å². The average molecular weight is 431 g/mol. The van der Waals surface area contributed by atoms with Gasteiger partial charge in [-0.2, -0.15) is 4.98 Å². The van der Waals surface area contributed by atoms with Gasteiger partial charge in [-0.15, -0.1) is 0 Å². The van der Waals surface area contributed by atoms with E-state index in [2.05, 4.69) is 10.3 Å². The van der Waals surface area contributed by atoms with Gasteiger partial charge in [0.25, 0.3) is 5.56 Å². The third kappa shape index (κ3) is 4.64. The average Bonchev–Trinajstić information content (AvgIpc) is 3.08. The lowest BCUT2D eigenvalue weighted by molar-refractivity contribution is 0.0937. The van der Waals surface area contributed by atoms with Crippen LogP contribution in [0.3, 0.4) is 0 Å². The van der Waals surface area contributed by atoms with Crippen molar-refractivity contribution < 1.29 is 14.9 Å². The molecular formula is C21H29N5O5. The number of nitrogens with one attached hydrogen (secondary N) is 1. The largest absolute Gasteiger partial charge is 0.491 e. The molecule has 10 heteroatoms. The van der Waals surface area contributed by atoms with E-state index in [1.165, 1.54) is 23.2 Å². The predicted molar refractivity (Wildman–Crippen MR) is 118 cm³/mol. The Balaban J connectivity index is 1.92. The Kier molecular flexibility index (Phi) is 6.51. The summed E-state index contributed by atoms with van der Waals surface area (Å²) >= 11 is 0. The van der Waals surface area contributed by atoms with Crippen LogP contribution in [-0.2, 0) is 20.6 Å². The Bertz CT molecular complexity index is 1210. The Hall–Kier alpha value is -3.11. The highest BCUT2D eigenvalue weighted by molar-refractivity contribution is 5.74. The summed E-state index contributed by atoms with van der Waals surface area (Å²) < 4.78 is 9.51. The molecule has 2 heterocycles. The fraction of sp³-hybridized carbons (Fsp3) is 0.476. The normalized spacial score (nSPS) is 13.4. The number of anilines is 1. The zero-order valence-electron chi connectivity index (χ0n) is 18.4. The molecule has 0 bridgehead atoms. The molecule has 0 aliphatic rings. The molecule has 0 spiro atoms. The number of aliphatic hydroxyl groups is 2. The molecular weight excluding hydrogens is 402 g/mol. The standard InChI is InChI=1S/C21H29N5O5/c1-12-6-7-16(8-13(12)2)31-11-15(28)10-26-17-18(23-20(26)22-9-14(3)27)24(4)21(30)25(5)19(17)29/h6-8,14-15,27-28H,9-11H2,1-5H3,(H,22,23). The number of hydrogen-bond donors (Lipinski definition) is 3. The van der Waals surface area contributed by atoms with E-state index in [9.17, 15) is 19.8 Å². The molecule has 0 fully saturated rings. The highest BCUT2D eigenvalue weighted by atomic mass is 16.5. The number of nitrogens with zero attached hydrogens (tertiary/aromatic N) is 4. The quantitative estimate of drug-likeness (QED) is 0.468. The molecule has 168 valence electrons. The first-order valence-electron chi connectivity index (χ1n) is 10.1. The Morgan fingerprint density at radius 2 is 1.84 bits per heavy atom. The monoisotopic (exact) mass is 431 g/mol. The van der Waals surface area contributed by atoms with Crippen LogP contribution in [0.15, 0.2) is 27.8 Å². The molecule has 3 aromatic rings. The van der Waals surface area contributed by atoms with Crippen molar-refractivity contribution >= 4 is 17.1 Å². The van der Waals surface area contributed by atoms with Crippen molar-refractivity contribution in [1.29, 1.82) is 0 Å². The maximum atomic E-state index is 12.8. The number of fused-ring (bicyclic) bond motifs is 1. The van der Waals surface area contributed by atoms with Crippen molar-refractivity contribution in [3.63, 3.8) is 0 Å². The second-order valence-corrected chi connectivity index (χ2v) is 7.86. The first-order valence-corrected chi connectivity index (χ1v) is 10.1. The summed E-state index contributed by atoms with van der Waals surface area (Å²) in [6.45, 7) is 5.80. The summed E-state index contributed by atoms with van der Waals surface area (Å²) in [5.74, 6) is 0.919. The molecule has 2 aromatic heterocycles. The number of ether oxygens (including phenoxy) is 1. The van der Waals surface area contributed by atoms with E-state index in [4.69, 9.17) is 4.74 Å². The maximum absolute atomic E-state index is 12.8. The molecule has 2 unspecified atom stereocenters. The summed E-state index contributed by atoms with van der Waals surface area (Å²) in [4.78, 5) is 29.5. The number of aliphatic hydroxyl groups excluding tert-OH is 2. The molecule has 0 aliphatic heterocycles. The molecule has 3 N–H and O–H groups in total. The second-order valence-electron chi connectivity index (χ2n) is 7.86. The van der Waals surface area contributed by atoms with Gasteiger partial charge >= 0.3 is 5.69 Å². The zero-order chi connectivity index (χ0) is 22.9. The van der Waals surface area contributed by atoms with Crippen molar-refractivity contribution in [2.75, 3.05) is 18.5 Å². The fourth-order valence-electron chi connectivity index (χ4n) is 3.26. The predicted octanol–water partition coefficient (Wildman–Crippen LogP) is 0.283. The Labute approximate surface area is 179 Å². The summed E-state index contributed by atoms with van der Waals surface area (Å²) in [5, 5.41) is 23.2. The highest BCUT2D eigenvalue weighted by Crippen LogP contribution is 2.19. The topological polar surface area (TPSA) is 124 Å². The van der Waals surface area contributed by atoms with Crippen LogP contribution in [0.5, 0.6) is 5.75 Å². The lowest BCUT2D eigenvalue weighted by Crippen LogP contribution is -2.38. The van der Waals surface area contributed by atoms with E-state index < -0.39 is 23.5 Å². The maximum Gasteiger partial charge on any atom is 0.332 e. The molecule has 3 rings (SSSR count). The van der Waals surface area contributed by atoms with Gasteiger partial charge in [0.05, 0.1) is 12.6 Å². The molecule has 0 amide bonds. The number of rotatable bonds is 8. The first-order chi connectivity index (χ1) is 14.6. The van der Waals surface area contributed by atoms with Gasteiger partial charge in [0.1, 0.15) is 18.5 Å². The van der Waals surface area contributed by atoms with Crippen LogP contribution in [0.1, 0.15) is 18.1 Å². The summed E-state index contributed by atoms with van der Waals surface area (Å²) in [6.07, 6.45) is -1.61. The molecule has 0 saturated heterocycles. The van der Waals surface area contributed by atoms with Gasteiger partial charge in [-0.3, -0.25) is 13.9 Å². The number of imidazole rings is 1. The zero-order valence-corrected chi connectivity index (χ0v) is 18.4. The van der Waals surface area contributed by atoms with E-state index in [-0.39, 0.29) is 36.8 Å². The van der Waals surface area contributed by atoms with Crippen molar-refractivity contribution in [2.45, 2.75) is 39.5 Å². The van der Waals surface area contributed by atoms with Crippen LogP contribution in [0.4, 0.5) is 5.95 Å². The second kappa shape index (κ2) is 8.94. The molecule has 0 aliphatic carbocycles. The van der Waals surface area contributed by atoms with Gasteiger partial charge in [0.15, 0.2) is 11.2 Å². The van der Waals surface area contributed by atoms with Crippen molar-refractivity contribution in [1.82, 2.24) is 18.7 Å². The SMILES string of the molecule is Cc1ccc(OCC(O)Cn2c(NCC(C)O)nc3c2c(=O)n(C)c(=O)n3C)cc1C. The summed E-state index contributed by atoms with van der Waals surface area (Å²) in [6, 6.07) is 5.68. The van der Waals surface area contributed by atoms with Crippen LogP contribution < -0.4 is 21.3 Å². The van der Waals surface area contributed by atoms with E-state index in [1.807, 2.05) is 32.0 Å². The Morgan fingerprint density at radius 3 is 2.48 bits per heavy atom. The van der Waals surface area contributed by atoms with Crippen LogP contribution in [0, 0.1) is 13.8 Å². The van der Waals surface area contributed by atoms with Gasteiger partial charge in [-0.1, -0.05) is 6.07 Å². The lowest BCUT2D eigenvalue weighted by atomic mass is 10.1. The van der Waals surface area contributed by atoms with E-state index in [0.717, 1.165) is 15.7 Å². The Morgan fingerprint density at radius 1 is 1.13 bits per heavy atom. The number of hydrogen-bond acceptors (Lipinski definition) is 7. The smallest absolute Gasteiger partial charge is 0.332 e. The number of aryl methyl sites for hydroxylation is 3. The number of aromatic nitrogens is 4. The molecule has 0 radical (unpaired) electrons. The van der Waals surface area contributed by atoms with Crippen LogP contribution >= 0.6 is 0 Å². The van der Waals surface area contributed by atoms with Crippen LogP contribution in [-0.4, -0.2) is 54.3 Å². The van der Waals surface area contributed by atoms with Crippen LogP contribution in [0.25, 0.3) is 11.2 Å². The third-order valence-corrected chi connectivity index (χ3v) is 5.22. The number of benzene rings is 1. The molecule has 2 atom stereocenters. The van der Waals surface area contributed by atoms with E-state index >= 15 is 0 Å². The highest BCUT2D eigenvalue weighted by Gasteiger charge is 2.21. The third-order valence-electron chi connectivity index (χ3n) is 5.22. The van der Waals surface area contributed by atoms with E-state index in [0.29, 0.717) is 5.75 Å². The van der Waals surface area contributed by atoms with Crippen molar-refractivity contribution in [3.05, 3.63) is 50.2 Å². The van der Waals surface area contributed by atoms with Gasteiger partial charge in [-0.25, -0.2) is 4.79 Å². The molecule has 31 heavy (non-hydrogen) atoms. The summed E-state index contributed by atoms with van der Waals surface area (Å²) in [5.41, 5.74) is 1.60. The van der Waals surface area contributed by atoms with Gasteiger partial charge < -0.3 is 24.8 Å². The van der Waals surface area contributed by atoms with Crippen LogP contribution in [0.2, 0.25) is 0 Å². The van der Waals surface area contributed by atoms with Gasteiger partial charge in [0.2, 0.25) is 5.95 Å². The van der Waals surface area contributed by atoms with Crippen molar-refractivity contribution in [3.8, 4) is 5.75 Å². The first kappa shape index (κ1) is 22.6. The van der Waals surface area contributed by atoms with Crippen molar-refractivity contribution in [2.24, 2.45) is 14.1 Å². The summed E-state index contributed by atoms with van der Waals surface area (Å²) in [7, 11) is 2.92. The molecule has 10 nitrogen and oxygen atoms in total. The minimum atomic E-state index is -0.951.